The van der Waals surface area contributed by atoms with Crippen molar-refractivity contribution in [2.45, 2.75) is 6.92 Å². The molecule has 1 aromatic carbocycles. The van der Waals surface area contributed by atoms with Crippen LogP contribution in [0.5, 0.6) is 0 Å². The number of rotatable bonds is 4. The van der Waals surface area contributed by atoms with Gasteiger partial charge in [0.1, 0.15) is 5.57 Å². The Morgan fingerprint density at radius 3 is 2.38 bits per heavy atom. The standard InChI is InChI=1S/C12H11ClO3/c1-3-16-12(15)8(2)11(14)9-4-6-10(13)7-5-9/h4-7H,2-3H2,1H3. The van der Waals surface area contributed by atoms with Crippen molar-refractivity contribution in [3.8, 4) is 0 Å². The Morgan fingerprint density at radius 1 is 1.31 bits per heavy atom. The van der Waals surface area contributed by atoms with Gasteiger partial charge >= 0.3 is 5.97 Å². The summed E-state index contributed by atoms with van der Waals surface area (Å²) in [5, 5.41) is 0.526. The number of ketones is 1. The molecule has 0 N–H and O–H groups in total. The zero-order valence-corrected chi connectivity index (χ0v) is 9.58. The molecule has 0 aliphatic rings. The molecule has 0 unspecified atom stereocenters. The van der Waals surface area contributed by atoms with Crippen LogP contribution in [-0.2, 0) is 9.53 Å². The van der Waals surface area contributed by atoms with E-state index in [0.717, 1.165) is 0 Å². The number of carbonyl (C=O) groups is 2. The second kappa shape index (κ2) is 5.47. The third kappa shape index (κ3) is 2.94. The van der Waals surface area contributed by atoms with E-state index < -0.39 is 11.8 Å². The monoisotopic (exact) mass is 238 g/mol. The first-order valence-electron chi connectivity index (χ1n) is 4.72. The number of hydrogen-bond donors (Lipinski definition) is 0. The van der Waals surface area contributed by atoms with Crippen molar-refractivity contribution in [2.24, 2.45) is 0 Å². The molecule has 1 aromatic rings. The van der Waals surface area contributed by atoms with Gasteiger partial charge < -0.3 is 4.74 Å². The Morgan fingerprint density at radius 2 is 1.88 bits per heavy atom. The van der Waals surface area contributed by atoms with Gasteiger partial charge in [-0.25, -0.2) is 4.79 Å². The van der Waals surface area contributed by atoms with Gasteiger partial charge in [0, 0.05) is 10.6 Å². The maximum Gasteiger partial charge on any atom is 0.341 e. The highest BCUT2D eigenvalue weighted by atomic mass is 35.5. The lowest BCUT2D eigenvalue weighted by molar-refractivity contribution is -0.138. The minimum Gasteiger partial charge on any atom is -0.462 e. The molecule has 0 aliphatic heterocycles. The van der Waals surface area contributed by atoms with E-state index >= 15 is 0 Å². The van der Waals surface area contributed by atoms with Crippen LogP contribution in [0.1, 0.15) is 17.3 Å². The summed E-state index contributed by atoms with van der Waals surface area (Å²) in [5.41, 5.74) is 0.187. The highest BCUT2D eigenvalue weighted by molar-refractivity contribution is 6.31. The van der Waals surface area contributed by atoms with Crippen LogP contribution in [-0.4, -0.2) is 18.4 Å². The molecule has 0 amide bonds. The van der Waals surface area contributed by atoms with Crippen molar-refractivity contribution in [3.63, 3.8) is 0 Å². The van der Waals surface area contributed by atoms with Crippen molar-refractivity contribution in [3.05, 3.63) is 47.0 Å². The summed E-state index contributed by atoms with van der Waals surface area (Å²) in [6.45, 7) is 5.29. The van der Waals surface area contributed by atoms with E-state index in [1.54, 1.807) is 19.1 Å². The Hall–Kier alpha value is -1.61. The number of Topliss-reactive ketones (excluding diaryl/α,β-unsaturated/α-hetero) is 1. The van der Waals surface area contributed by atoms with Crippen LogP contribution in [0.3, 0.4) is 0 Å². The molecule has 3 nitrogen and oxygen atoms in total. The summed E-state index contributed by atoms with van der Waals surface area (Å²) in [6.07, 6.45) is 0. The quantitative estimate of drug-likeness (QED) is 0.266. The van der Waals surface area contributed by atoms with Gasteiger partial charge in [0.2, 0.25) is 0 Å². The summed E-state index contributed by atoms with van der Waals surface area (Å²) in [5.74, 6) is -1.14. The SMILES string of the molecule is C=C(C(=O)OCC)C(=O)c1ccc(Cl)cc1. The minimum absolute atomic E-state index is 0.177. The number of ether oxygens (including phenoxy) is 1. The number of halogens is 1. The maximum atomic E-state index is 11.7. The van der Waals surface area contributed by atoms with Gasteiger partial charge in [-0.3, -0.25) is 4.79 Å². The van der Waals surface area contributed by atoms with Crippen molar-refractivity contribution in [2.75, 3.05) is 6.61 Å². The topological polar surface area (TPSA) is 43.4 Å². The lowest BCUT2D eigenvalue weighted by Crippen LogP contribution is -2.15. The Bertz CT molecular complexity index is 420. The van der Waals surface area contributed by atoms with Crippen molar-refractivity contribution >= 4 is 23.4 Å². The lowest BCUT2D eigenvalue weighted by atomic mass is 10.1. The molecule has 1 rings (SSSR count). The van der Waals surface area contributed by atoms with E-state index in [1.807, 2.05) is 0 Å². The first kappa shape index (κ1) is 12.5. The molecule has 0 saturated heterocycles. The van der Waals surface area contributed by atoms with Crippen molar-refractivity contribution < 1.29 is 14.3 Å². The summed E-state index contributed by atoms with van der Waals surface area (Å²) in [6, 6.07) is 6.23. The lowest BCUT2D eigenvalue weighted by Gasteiger charge is -2.04. The molecule has 0 heterocycles. The fourth-order valence-corrected chi connectivity index (χ4v) is 1.21. The predicted molar refractivity (Wildman–Crippen MR) is 61.6 cm³/mol. The molecule has 0 saturated carbocycles. The number of carbonyl (C=O) groups excluding carboxylic acids is 2. The van der Waals surface area contributed by atoms with Gasteiger partial charge in [-0.1, -0.05) is 18.2 Å². The molecule has 0 aromatic heterocycles. The van der Waals surface area contributed by atoms with Gasteiger partial charge in [0.05, 0.1) is 6.61 Å². The van der Waals surface area contributed by atoms with Gasteiger partial charge in [-0.15, -0.1) is 0 Å². The fraction of sp³-hybridized carbons (Fsp3) is 0.167. The highest BCUT2D eigenvalue weighted by Gasteiger charge is 2.18. The highest BCUT2D eigenvalue weighted by Crippen LogP contribution is 2.13. The summed E-state index contributed by atoms with van der Waals surface area (Å²) >= 11 is 5.68. The van der Waals surface area contributed by atoms with Crippen LogP contribution >= 0.6 is 11.6 Å². The normalized spacial score (nSPS) is 9.62. The van der Waals surface area contributed by atoms with Gasteiger partial charge in [-0.05, 0) is 31.2 Å². The van der Waals surface area contributed by atoms with Crippen LogP contribution in [0.25, 0.3) is 0 Å². The average Bonchev–Trinajstić information content (AvgIpc) is 2.28. The minimum atomic E-state index is -0.692. The van der Waals surface area contributed by atoms with Crippen LogP contribution in [0.4, 0.5) is 0 Å². The number of esters is 1. The van der Waals surface area contributed by atoms with Crippen molar-refractivity contribution in [1.82, 2.24) is 0 Å². The Kier molecular flexibility index (Phi) is 4.26. The third-order valence-electron chi connectivity index (χ3n) is 1.90. The summed E-state index contributed by atoms with van der Waals surface area (Å²) < 4.78 is 4.68. The van der Waals surface area contributed by atoms with E-state index in [-0.39, 0.29) is 12.2 Å². The molecule has 4 heteroatoms. The number of benzene rings is 1. The van der Waals surface area contributed by atoms with Gasteiger partial charge in [0.25, 0.3) is 0 Å². The second-order valence-electron chi connectivity index (χ2n) is 3.04. The number of hydrogen-bond acceptors (Lipinski definition) is 3. The molecular formula is C12H11ClO3. The average molecular weight is 239 g/mol. The second-order valence-corrected chi connectivity index (χ2v) is 3.47. The van der Waals surface area contributed by atoms with Crippen LogP contribution in [0, 0.1) is 0 Å². The van der Waals surface area contributed by atoms with Crippen LogP contribution < -0.4 is 0 Å². The predicted octanol–water partition coefficient (Wildman–Crippen LogP) is 2.64. The summed E-state index contributed by atoms with van der Waals surface area (Å²) in [4.78, 5) is 23.0. The van der Waals surface area contributed by atoms with Gasteiger partial charge in [0.15, 0.2) is 5.78 Å². The van der Waals surface area contributed by atoms with E-state index in [0.29, 0.717) is 10.6 Å². The first-order valence-corrected chi connectivity index (χ1v) is 5.10. The van der Waals surface area contributed by atoms with Gasteiger partial charge in [-0.2, -0.15) is 0 Å². The molecular weight excluding hydrogens is 228 g/mol. The third-order valence-corrected chi connectivity index (χ3v) is 2.15. The van der Waals surface area contributed by atoms with Crippen LogP contribution in [0.2, 0.25) is 5.02 Å². The smallest absolute Gasteiger partial charge is 0.341 e. The van der Waals surface area contributed by atoms with E-state index in [2.05, 4.69) is 11.3 Å². The molecule has 0 fully saturated rings. The zero-order chi connectivity index (χ0) is 12.1. The fourth-order valence-electron chi connectivity index (χ4n) is 1.09. The molecule has 84 valence electrons. The van der Waals surface area contributed by atoms with E-state index in [9.17, 15) is 9.59 Å². The van der Waals surface area contributed by atoms with E-state index in [1.165, 1.54) is 12.1 Å². The molecule has 0 aliphatic carbocycles. The van der Waals surface area contributed by atoms with E-state index in [4.69, 9.17) is 11.6 Å². The Labute approximate surface area is 98.7 Å². The maximum absolute atomic E-state index is 11.7. The molecule has 0 atom stereocenters. The molecule has 0 radical (unpaired) electrons. The largest absolute Gasteiger partial charge is 0.462 e. The summed E-state index contributed by atoms with van der Waals surface area (Å²) in [7, 11) is 0. The first-order chi connectivity index (χ1) is 7.56. The molecule has 0 bridgehead atoms. The Balaban J connectivity index is 2.82. The zero-order valence-electron chi connectivity index (χ0n) is 8.83. The molecule has 16 heavy (non-hydrogen) atoms. The molecule has 0 spiro atoms. The van der Waals surface area contributed by atoms with Crippen molar-refractivity contribution in [1.29, 1.82) is 0 Å². The van der Waals surface area contributed by atoms with Crippen LogP contribution in [0.15, 0.2) is 36.4 Å².